The number of rotatable bonds is 3. The van der Waals surface area contributed by atoms with E-state index in [4.69, 9.17) is 4.74 Å². The number of para-hydroxylation sites is 2. The lowest BCUT2D eigenvalue weighted by Gasteiger charge is -2.40. The molecule has 1 aromatic carbocycles. The van der Waals surface area contributed by atoms with Gasteiger partial charge in [-0.05, 0) is 18.6 Å². The average molecular weight is 331 g/mol. The van der Waals surface area contributed by atoms with Crippen molar-refractivity contribution in [2.45, 2.75) is 31.1 Å². The summed E-state index contributed by atoms with van der Waals surface area (Å²) < 4.78 is 5.69. The molecule has 2 fully saturated rings. The molecule has 2 atom stereocenters. The summed E-state index contributed by atoms with van der Waals surface area (Å²) in [6, 6.07) is 7.54. The van der Waals surface area contributed by atoms with Crippen LogP contribution >= 0.6 is 0 Å². The van der Waals surface area contributed by atoms with Crippen molar-refractivity contribution in [3.8, 4) is 5.75 Å². The molecule has 2 saturated heterocycles. The number of aliphatic hydroxyl groups is 1. The molecule has 3 heterocycles. The lowest BCUT2D eigenvalue weighted by Crippen LogP contribution is -2.56. The van der Waals surface area contributed by atoms with E-state index in [2.05, 4.69) is 10.2 Å². The number of hydrogen-bond donors (Lipinski definition) is 2. The summed E-state index contributed by atoms with van der Waals surface area (Å²) in [5.41, 5.74) is 0.642. The van der Waals surface area contributed by atoms with Crippen molar-refractivity contribution >= 4 is 17.5 Å². The fraction of sp³-hybridized carbons (Fsp3) is 0.529. The molecule has 7 heteroatoms. The van der Waals surface area contributed by atoms with Gasteiger partial charge in [0.25, 0.3) is 5.91 Å². The van der Waals surface area contributed by atoms with Gasteiger partial charge >= 0.3 is 0 Å². The summed E-state index contributed by atoms with van der Waals surface area (Å²) in [7, 11) is 0. The molecule has 2 unspecified atom stereocenters. The van der Waals surface area contributed by atoms with Gasteiger partial charge in [-0.15, -0.1) is 0 Å². The third-order valence-electron chi connectivity index (χ3n) is 4.99. The maximum atomic E-state index is 12.5. The molecule has 2 amide bonds. The van der Waals surface area contributed by atoms with Crippen molar-refractivity contribution in [2.75, 3.05) is 31.5 Å². The fourth-order valence-corrected chi connectivity index (χ4v) is 3.57. The van der Waals surface area contributed by atoms with Crippen LogP contribution in [0.25, 0.3) is 0 Å². The molecule has 4 rings (SSSR count). The van der Waals surface area contributed by atoms with E-state index >= 15 is 0 Å². The normalized spacial score (nSPS) is 27.2. The minimum atomic E-state index is -0.780. The van der Waals surface area contributed by atoms with Gasteiger partial charge in [-0.3, -0.25) is 14.5 Å². The van der Waals surface area contributed by atoms with Gasteiger partial charge in [-0.1, -0.05) is 12.1 Å². The Bertz CT molecular complexity index is 659. The number of carbonyl (C=O) groups is 2. The van der Waals surface area contributed by atoms with Crippen molar-refractivity contribution in [3.63, 3.8) is 0 Å². The largest absolute Gasteiger partial charge is 0.478 e. The number of likely N-dealkylation sites (tertiary alicyclic amines) is 2. The summed E-state index contributed by atoms with van der Waals surface area (Å²) in [6.45, 7) is 2.74. The molecule has 7 nitrogen and oxygen atoms in total. The number of β-amino-alcohol motifs (C(OH)–C–C–N with tert-alkyl or cyclic N) is 1. The van der Waals surface area contributed by atoms with Gasteiger partial charge in [0.2, 0.25) is 5.91 Å². The first-order chi connectivity index (χ1) is 11.6. The second-order valence-corrected chi connectivity index (χ2v) is 6.69. The molecule has 0 radical (unpaired) electrons. The summed E-state index contributed by atoms with van der Waals surface area (Å²) in [6.07, 6.45) is -0.0411. The highest BCUT2D eigenvalue weighted by Gasteiger charge is 2.38. The Morgan fingerprint density at radius 1 is 1.29 bits per heavy atom. The van der Waals surface area contributed by atoms with Gasteiger partial charge in [-0.25, -0.2) is 0 Å². The third kappa shape index (κ3) is 2.85. The van der Waals surface area contributed by atoms with Gasteiger partial charge in [0.1, 0.15) is 5.75 Å². The van der Waals surface area contributed by atoms with E-state index < -0.39 is 6.10 Å². The monoisotopic (exact) mass is 331 g/mol. The number of ether oxygens (including phenoxy) is 1. The Kier molecular flexibility index (Phi) is 3.90. The van der Waals surface area contributed by atoms with Crippen LogP contribution in [0, 0.1) is 0 Å². The Morgan fingerprint density at radius 2 is 2.08 bits per heavy atom. The first-order valence-corrected chi connectivity index (χ1v) is 8.36. The van der Waals surface area contributed by atoms with Crippen LogP contribution in [0.5, 0.6) is 5.75 Å². The predicted molar refractivity (Wildman–Crippen MR) is 86.7 cm³/mol. The summed E-state index contributed by atoms with van der Waals surface area (Å²) in [5.74, 6) is 0.269. The van der Waals surface area contributed by atoms with E-state index in [0.717, 1.165) is 6.42 Å². The van der Waals surface area contributed by atoms with Crippen molar-refractivity contribution in [1.29, 1.82) is 0 Å². The quantitative estimate of drug-likeness (QED) is 0.818. The smallest absolute Gasteiger partial charge is 0.266 e. The minimum Gasteiger partial charge on any atom is -0.478 e. The van der Waals surface area contributed by atoms with Crippen molar-refractivity contribution in [3.05, 3.63) is 24.3 Å². The summed E-state index contributed by atoms with van der Waals surface area (Å²) in [5, 5.41) is 12.2. The van der Waals surface area contributed by atoms with E-state index in [1.165, 1.54) is 0 Å². The van der Waals surface area contributed by atoms with Crippen LogP contribution in [-0.2, 0) is 9.59 Å². The highest BCUT2D eigenvalue weighted by molar-refractivity contribution is 5.99. The van der Waals surface area contributed by atoms with Gasteiger partial charge in [0.05, 0.1) is 18.2 Å². The molecule has 0 aromatic heterocycles. The van der Waals surface area contributed by atoms with Crippen molar-refractivity contribution in [1.82, 2.24) is 9.80 Å². The SMILES string of the molecule is O=C1Nc2ccccc2OC1CC(=O)N1CCC(N2CC(O)C2)C1. The molecule has 0 aliphatic carbocycles. The Labute approximate surface area is 140 Å². The molecular weight excluding hydrogens is 310 g/mol. The first kappa shape index (κ1) is 15.4. The van der Waals surface area contributed by atoms with Crippen LogP contribution in [0.3, 0.4) is 0 Å². The molecule has 3 aliphatic rings. The highest BCUT2D eigenvalue weighted by atomic mass is 16.5. The third-order valence-corrected chi connectivity index (χ3v) is 4.99. The number of anilines is 1. The van der Waals surface area contributed by atoms with Gasteiger partial charge in [-0.2, -0.15) is 0 Å². The van der Waals surface area contributed by atoms with Gasteiger partial charge < -0.3 is 20.1 Å². The van der Waals surface area contributed by atoms with Crippen molar-refractivity contribution in [2.24, 2.45) is 0 Å². The number of fused-ring (bicyclic) bond motifs is 1. The van der Waals surface area contributed by atoms with Gasteiger partial charge in [0.15, 0.2) is 6.10 Å². The second kappa shape index (κ2) is 6.07. The van der Waals surface area contributed by atoms with Crippen LogP contribution < -0.4 is 10.1 Å². The zero-order valence-corrected chi connectivity index (χ0v) is 13.4. The molecule has 128 valence electrons. The zero-order valence-electron chi connectivity index (χ0n) is 13.4. The van der Waals surface area contributed by atoms with E-state index in [0.29, 0.717) is 43.7 Å². The number of benzene rings is 1. The molecule has 24 heavy (non-hydrogen) atoms. The summed E-state index contributed by atoms with van der Waals surface area (Å²) >= 11 is 0. The highest BCUT2D eigenvalue weighted by Crippen LogP contribution is 2.30. The number of amides is 2. The maximum Gasteiger partial charge on any atom is 0.266 e. The molecule has 0 spiro atoms. The number of nitrogens with zero attached hydrogens (tertiary/aromatic N) is 2. The lowest BCUT2D eigenvalue weighted by atomic mass is 10.1. The molecule has 2 N–H and O–H groups in total. The number of hydrogen-bond acceptors (Lipinski definition) is 5. The molecular formula is C17H21N3O4. The summed E-state index contributed by atoms with van der Waals surface area (Å²) in [4.78, 5) is 28.6. The molecule has 0 bridgehead atoms. The van der Waals surface area contributed by atoms with E-state index in [1.807, 2.05) is 12.1 Å². The van der Waals surface area contributed by atoms with Crippen LogP contribution in [0.4, 0.5) is 5.69 Å². The first-order valence-electron chi connectivity index (χ1n) is 8.36. The Hall–Kier alpha value is -2.12. The van der Waals surface area contributed by atoms with Crippen LogP contribution in [-0.4, -0.2) is 71.1 Å². The Balaban J connectivity index is 1.34. The second-order valence-electron chi connectivity index (χ2n) is 6.69. The number of nitrogens with one attached hydrogen (secondary N) is 1. The van der Waals surface area contributed by atoms with Crippen LogP contribution in [0.1, 0.15) is 12.8 Å². The topological polar surface area (TPSA) is 82.1 Å². The van der Waals surface area contributed by atoms with Gasteiger partial charge in [0, 0.05) is 32.2 Å². The predicted octanol–water partition coefficient (Wildman–Crippen LogP) is 0.0536. The number of carbonyl (C=O) groups excluding carboxylic acids is 2. The average Bonchev–Trinajstić information content (AvgIpc) is 3.02. The fourth-order valence-electron chi connectivity index (χ4n) is 3.57. The minimum absolute atomic E-state index is 0.0511. The maximum absolute atomic E-state index is 12.5. The van der Waals surface area contributed by atoms with Crippen molar-refractivity contribution < 1.29 is 19.4 Å². The lowest BCUT2D eigenvalue weighted by molar-refractivity contribution is -0.136. The molecule has 3 aliphatic heterocycles. The molecule has 1 aromatic rings. The van der Waals surface area contributed by atoms with Crippen LogP contribution in [0.15, 0.2) is 24.3 Å². The van der Waals surface area contributed by atoms with E-state index in [9.17, 15) is 14.7 Å². The van der Waals surface area contributed by atoms with Crippen LogP contribution in [0.2, 0.25) is 0 Å². The van der Waals surface area contributed by atoms with E-state index in [1.54, 1.807) is 17.0 Å². The standard InChI is InChI=1S/C17H21N3O4/c21-12-9-20(10-12)11-5-6-19(8-11)16(22)7-15-17(23)18-13-3-1-2-4-14(13)24-15/h1-4,11-12,15,21H,5-10H2,(H,18,23). The zero-order chi connectivity index (χ0) is 16.7. The number of aliphatic hydroxyl groups excluding tert-OH is 1. The van der Waals surface area contributed by atoms with E-state index in [-0.39, 0.29) is 24.3 Å². The molecule has 0 saturated carbocycles. The Morgan fingerprint density at radius 3 is 2.88 bits per heavy atom.